The van der Waals surface area contributed by atoms with Gasteiger partial charge in [-0.05, 0) is 19.1 Å². The Kier molecular flexibility index (Phi) is 4.89. The van der Waals surface area contributed by atoms with Crippen molar-refractivity contribution < 1.29 is 9.53 Å². The second kappa shape index (κ2) is 7.09. The van der Waals surface area contributed by atoms with Gasteiger partial charge in [-0.2, -0.15) is 0 Å². The molecule has 24 heavy (non-hydrogen) atoms. The first-order chi connectivity index (χ1) is 11.6. The van der Waals surface area contributed by atoms with Crippen LogP contribution in [0.1, 0.15) is 15.4 Å². The summed E-state index contributed by atoms with van der Waals surface area (Å²) in [6, 6.07) is 8.00. The van der Waals surface area contributed by atoms with Crippen molar-refractivity contribution in [1.82, 2.24) is 9.88 Å². The summed E-state index contributed by atoms with van der Waals surface area (Å²) in [4.78, 5) is 22.0. The lowest BCUT2D eigenvalue weighted by Crippen LogP contribution is -2.48. The van der Waals surface area contributed by atoms with Crippen LogP contribution in [-0.4, -0.2) is 56.1 Å². The molecule has 2 aromatic rings. The molecule has 6 nitrogen and oxygen atoms in total. The average molecular weight is 346 g/mol. The first kappa shape index (κ1) is 16.6. The fourth-order valence-electron chi connectivity index (χ4n) is 2.89. The molecule has 1 saturated heterocycles. The average Bonchev–Trinajstić information content (AvgIpc) is 3.02. The van der Waals surface area contributed by atoms with E-state index in [1.54, 1.807) is 7.11 Å². The summed E-state index contributed by atoms with van der Waals surface area (Å²) in [5.41, 5.74) is 1.88. The maximum Gasteiger partial charge on any atom is 0.266 e. The molecule has 0 spiro atoms. The Morgan fingerprint density at radius 1 is 1.25 bits per heavy atom. The number of amides is 1. The van der Waals surface area contributed by atoms with E-state index in [0.29, 0.717) is 13.1 Å². The minimum absolute atomic E-state index is 0.0752. The van der Waals surface area contributed by atoms with Crippen LogP contribution in [0.2, 0.25) is 0 Å². The van der Waals surface area contributed by atoms with Gasteiger partial charge in [-0.1, -0.05) is 23.5 Å². The lowest BCUT2D eigenvalue weighted by molar-refractivity contribution is 0.0750. The van der Waals surface area contributed by atoms with Crippen LogP contribution in [0, 0.1) is 6.92 Å². The van der Waals surface area contributed by atoms with Crippen LogP contribution in [0.25, 0.3) is 0 Å². The van der Waals surface area contributed by atoms with Gasteiger partial charge in [0, 0.05) is 33.2 Å². The summed E-state index contributed by atoms with van der Waals surface area (Å²) in [5, 5.41) is 3.78. The second-order valence-corrected chi connectivity index (χ2v) is 6.63. The Bertz CT molecular complexity index is 723. The topological polar surface area (TPSA) is 57.7 Å². The summed E-state index contributed by atoms with van der Waals surface area (Å²) in [5.74, 6) is 0.945. The summed E-state index contributed by atoms with van der Waals surface area (Å²) < 4.78 is 5.44. The largest absolute Gasteiger partial charge is 0.495 e. The minimum atomic E-state index is 0.0752. The Labute approximate surface area is 146 Å². The van der Waals surface area contributed by atoms with Gasteiger partial charge in [-0.25, -0.2) is 4.98 Å². The zero-order valence-corrected chi connectivity index (χ0v) is 15.0. The number of carbonyl (C=O) groups excluding carboxylic acids is 1. The highest BCUT2D eigenvalue weighted by atomic mass is 32.1. The summed E-state index contributed by atoms with van der Waals surface area (Å²) in [7, 11) is 3.50. The predicted octanol–water partition coefficient (Wildman–Crippen LogP) is 2.46. The number of aromatic nitrogens is 1. The molecule has 0 unspecified atom stereocenters. The van der Waals surface area contributed by atoms with E-state index in [-0.39, 0.29) is 5.91 Å². The molecule has 128 valence electrons. The van der Waals surface area contributed by atoms with Crippen molar-refractivity contribution in [2.45, 2.75) is 6.92 Å². The highest BCUT2D eigenvalue weighted by molar-refractivity contribution is 7.17. The van der Waals surface area contributed by atoms with Crippen LogP contribution in [0.3, 0.4) is 0 Å². The number of ether oxygens (including phenoxy) is 1. The van der Waals surface area contributed by atoms with Crippen LogP contribution in [0.4, 0.5) is 10.8 Å². The lowest BCUT2D eigenvalue weighted by atomic mass is 10.2. The zero-order valence-electron chi connectivity index (χ0n) is 14.2. The molecule has 3 rings (SSSR count). The second-order valence-electron chi connectivity index (χ2n) is 5.63. The van der Waals surface area contributed by atoms with E-state index in [4.69, 9.17) is 4.74 Å². The molecule has 7 heteroatoms. The summed E-state index contributed by atoms with van der Waals surface area (Å²) >= 11 is 1.42. The van der Waals surface area contributed by atoms with Crippen molar-refractivity contribution in [3.8, 4) is 5.75 Å². The third kappa shape index (κ3) is 3.17. The molecule has 1 amide bonds. The Morgan fingerprint density at radius 3 is 2.58 bits per heavy atom. The van der Waals surface area contributed by atoms with Crippen molar-refractivity contribution in [3.63, 3.8) is 0 Å². The van der Waals surface area contributed by atoms with E-state index in [1.165, 1.54) is 11.3 Å². The van der Waals surface area contributed by atoms with Crippen LogP contribution in [0.15, 0.2) is 24.3 Å². The smallest absolute Gasteiger partial charge is 0.266 e. The van der Waals surface area contributed by atoms with Gasteiger partial charge in [0.2, 0.25) is 0 Å². The number of piperazine rings is 1. The van der Waals surface area contributed by atoms with E-state index < -0.39 is 0 Å². The predicted molar refractivity (Wildman–Crippen MR) is 97.5 cm³/mol. The van der Waals surface area contributed by atoms with Gasteiger partial charge >= 0.3 is 0 Å². The van der Waals surface area contributed by atoms with Gasteiger partial charge in [0.25, 0.3) is 5.91 Å². The zero-order chi connectivity index (χ0) is 17.1. The van der Waals surface area contributed by atoms with Crippen molar-refractivity contribution in [2.24, 2.45) is 0 Å². The first-order valence-corrected chi connectivity index (χ1v) is 8.78. The van der Waals surface area contributed by atoms with Crippen molar-refractivity contribution >= 4 is 28.1 Å². The number of methoxy groups -OCH3 is 1. The SMILES string of the molecule is CNc1nc(C)c(C(=O)N2CCN(c3ccccc3OC)CC2)s1. The highest BCUT2D eigenvalue weighted by Gasteiger charge is 2.26. The Hall–Kier alpha value is -2.28. The number of hydrogen-bond acceptors (Lipinski definition) is 6. The van der Waals surface area contributed by atoms with Crippen molar-refractivity contribution in [3.05, 3.63) is 34.8 Å². The molecule has 0 radical (unpaired) electrons. The minimum Gasteiger partial charge on any atom is -0.495 e. The molecule has 1 aliphatic heterocycles. The molecule has 0 aliphatic carbocycles. The number of carbonyl (C=O) groups is 1. The first-order valence-electron chi connectivity index (χ1n) is 7.96. The van der Waals surface area contributed by atoms with E-state index in [2.05, 4.69) is 21.3 Å². The number of para-hydroxylation sites is 2. The quantitative estimate of drug-likeness (QED) is 0.922. The molecular weight excluding hydrogens is 324 g/mol. The van der Waals surface area contributed by atoms with Gasteiger partial charge in [-0.15, -0.1) is 0 Å². The molecular formula is C17H22N4O2S. The molecule has 1 N–H and O–H groups in total. The van der Waals surface area contributed by atoms with Gasteiger partial charge in [-0.3, -0.25) is 4.79 Å². The molecule has 0 saturated carbocycles. The highest BCUT2D eigenvalue weighted by Crippen LogP contribution is 2.29. The van der Waals surface area contributed by atoms with Crippen molar-refractivity contribution in [1.29, 1.82) is 0 Å². The monoisotopic (exact) mass is 346 g/mol. The maximum absolute atomic E-state index is 12.7. The number of rotatable bonds is 4. The number of nitrogens with one attached hydrogen (secondary N) is 1. The van der Waals surface area contributed by atoms with Crippen LogP contribution >= 0.6 is 11.3 Å². The molecule has 1 aliphatic rings. The number of hydrogen-bond donors (Lipinski definition) is 1. The molecule has 1 aromatic carbocycles. The van der Waals surface area contributed by atoms with E-state index in [1.807, 2.05) is 37.1 Å². The Balaban J connectivity index is 1.68. The molecule has 0 bridgehead atoms. The van der Waals surface area contributed by atoms with E-state index in [9.17, 15) is 4.79 Å². The third-order valence-electron chi connectivity index (χ3n) is 4.20. The van der Waals surface area contributed by atoms with Gasteiger partial charge in [0.1, 0.15) is 10.6 Å². The van der Waals surface area contributed by atoms with Gasteiger partial charge in [0.05, 0.1) is 18.5 Å². The number of thiazole rings is 1. The molecule has 1 aromatic heterocycles. The van der Waals surface area contributed by atoms with Crippen molar-refractivity contribution in [2.75, 3.05) is 50.6 Å². The summed E-state index contributed by atoms with van der Waals surface area (Å²) in [6.45, 7) is 4.87. The third-order valence-corrected chi connectivity index (χ3v) is 5.36. The lowest BCUT2D eigenvalue weighted by Gasteiger charge is -2.36. The number of aryl methyl sites for hydroxylation is 1. The van der Waals surface area contributed by atoms with Crippen LogP contribution in [-0.2, 0) is 0 Å². The van der Waals surface area contributed by atoms with E-state index in [0.717, 1.165) is 40.2 Å². The van der Waals surface area contributed by atoms with Gasteiger partial charge in [0.15, 0.2) is 5.13 Å². The fourth-order valence-corrected chi connectivity index (χ4v) is 3.77. The fraction of sp³-hybridized carbons (Fsp3) is 0.412. The van der Waals surface area contributed by atoms with Crippen LogP contribution in [0.5, 0.6) is 5.75 Å². The van der Waals surface area contributed by atoms with Gasteiger partial charge < -0.3 is 19.9 Å². The molecule has 2 heterocycles. The normalized spacial score (nSPS) is 14.6. The maximum atomic E-state index is 12.7. The van der Waals surface area contributed by atoms with E-state index >= 15 is 0 Å². The number of nitrogens with zero attached hydrogens (tertiary/aromatic N) is 3. The standard InChI is InChI=1S/C17H22N4O2S/c1-12-15(24-17(18-2)19-12)16(22)21-10-8-20(9-11-21)13-6-4-5-7-14(13)23-3/h4-7H,8-11H2,1-3H3,(H,18,19). The summed E-state index contributed by atoms with van der Waals surface area (Å²) in [6.07, 6.45) is 0. The number of anilines is 2. The number of benzene rings is 1. The Morgan fingerprint density at radius 2 is 1.96 bits per heavy atom. The molecule has 1 fully saturated rings. The molecule has 0 atom stereocenters. The van der Waals surface area contributed by atoms with Crippen LogP contribution < -0.4 is 15.0 Å².